The average molecular weight is 404 g/mol. The van der Waals surface area contributed by atoms with E-state index in [9.17, 15) is 20.1 Å². The first-order valence-corrected chi connectivity index (χ1v) is 9.36. The van der Waals surface area contributed by atoms with Gasteiger partial charge in [0.2, 0.25) is 0 Å². The summed E-state index contributed by atoms with van der Waals surface area (Å²) in [6.07, 6.45) is 0. The van der Waals surface area contributed by atoms with Crippen LogP contribution >= 0.6 is 0 Å². The maximum atomic E-state index is 12.3. The number of fused-ring (bicyclic) bond motifs is 1. The van der Waals surface area contributed by atoms with Gasteiger partial charge in [0.25, 0.3) is 11.6 Å². The first kappa shape index (κ1) is 20.5. The molecule has 1 aromatic heterocycles. The van der Waals surface area contributed by atoms with Crippen molar-refractivity contribution in [3.05, 3.63) is 88.5 Å². The Hall–Kier alpha value is -4.20. The lowest BCUT2D eigenvalue weighted by atomic mass is 10.1. The summed E-state index contributed by atoms with van der Waals surface area (Å²) < 4.78 is 0.806. The monoisotopic (exact) mass is 404 g/mol. The number of benzene rings is 3. The van der Waals surface area contributed by atoms with Crippen molar-refractivity contribution in [2.75, 3.05) is 5.32 Å². The average Bonchev–Trinajstić information content (AvgIpc) is 3.12. The zero-order chi connectivity index (χ0) is 21.7. The van der Waals surface area contributed by atoms with Crippen LogP contribution < -0.4 is 5.32 Å². The van der Waals surface area contributed by atoms with Crippen LogP contribution in [0.2, 0.25) is 0 Å². The molecule has 30 heavy (non-hydrogen) atoms. The third kappa shape index (κ3) is 4.12. The number of nitrogens with zero attached hydrogens (tertiary/aromatic N) is 3. The van der Waals surface area contributed by atoms with Crippen LogP contribution in [0, 0.1) is 10.1 Å². The predicted octanol–water partition coefficient (Wildman–Crippen LogP) is 5.13. The summed E-state index contributed by atoms with van der Waals surface area (Å²) in [4.78, 5) is 27.1. The SMILES string of the molecule is CC.O=C(Nc1cccc(-c2nc3ccc([N+](=O)[O-])cc3n2O)c1)c1ccccc1. The third-order valence-corrected chi connectivity index (χ3v) is 4.24. The van der Waals surface area contributed by atoms with Crippen molar-refractivity contribution in [3.8, 4) is 11.4 Å². The van der Waals surface area contributed by atoms with E-state index in [0.717, 1.165) is 4.73 Å². The molecular weight excluding hydrogens is 384 g/mol. The molecule has 1 heterocycles. The van der Waals surface area contributed by atoms with Crippen molar-refractivity contribution in [2.24, 2.45) is 0 Å². The van der Waals surface area contributed by atoms with Crippen LogP contribution in [0.4, 0.5) is 11.4 Å². The highest BCUT2D eigenvalue weighted by molar-refractivity contribution is 6.04. The zero-order valence-electron chi connectivity index (χ0n) is 16.4. The molecule has 0 atom stereocenters. The van der Waals surface area contributed by atoms with Gasteiger partial charge in [-0.3, -0.25) is 14.9 Å². The molecule has 0 fully saturated rings. The van der Waals surface area contributed by atoms with Gasteiger partial charge in [0.1, 0.15) is 5.52 Å². The molecule has 0 spiro atoms. The molecule has 0 aliphatic rings. The molecule has 8 nitrogen and oxygen atoms in total. The Balaban J connectivity index is 0.00000124. The zero-order valence-corrected chi connectivity index (χ0v) is 16.4. The van der Waals surface area contributed by atoms with Gasteiger partial charge in [0, 0.05) is 28.9 Å². The number of amides is 1. The van der Waals surface area contributed by atoms with Crippen LogP contribution in [0.15, 0.2) is 72.8 Å². The molecule has 4 aromatic rings. The summed E-state index contributed by atoms with van der Waals surface area (Å²) in [5, 5.41) is 24.2. The van der Waals surface area contributed by atoms with E-state index < -0.39 is 4.92 Å². The highest BCUT2D eigenvalue weighted by Gasteiger charge is 2.16. The number of hydrogen-bond acceptors (Lipinski definition) is 5. The van der Waals surface area contributed by atoms with Crippen LogP contribution in [0.5, 0.6) is 0 Å². The van der Waals surface area contributed by atoms with Gasteiger partial charge in [-0.15, -0.1) is 0 Å². The first-order valence-electron chi connectivity index (χ1n) is 9.36. The van der Waals surface area contributed by atoms with E-state index in [4.69, 9.17) is 0 Å². The van der Waals surface area contributed by atoms with Crippen LogP contribution in [-0.2, 0) is 0 Å². The fraction of sp³-hybridized carbons (Fsp3) is 0.0909. The Morgan fingerprint density at radius 1 is 1.03 bits per heavy atom. The second-order valence-electron chi connectivity index (χ2n) is 6.08. The number of nitro groups is 1. The van der Waals surface area contributed by atoms with Crippen molar-refractivity contribution in [2.45, 2.75) is 13.8 Å². The van der Waals surface area contributed by atoms with Gasteiger partial charge in [-0.2, -0.15) is 4.73 Å². The maximum absolute atomic E-state index is 12.3. The molecule has 2 N–H and O–H groups in total. The van der Waals surface area contributed by atoms with Gasteiger partial charge in [0.15, 0.2) is 5.82 Å². The molecular formula is C22H20N4O4. The highest BCUT2D eigenvalue weighted by atomic mass is 16.6. The fourth-order valence-corrected chi connectivity index (χ4v) is 2.88. The van der Waals surface area contributed by atoms with E-state index in [1.165, 1.54) is 18.2 Å². The minimum absolute atomic E-state index is 0.141. The Morgan fingerprint density at radius 3 is 2.47 bits per heavy atom. The van der Waals surface area contributed by atoms with E-state index in [-0.39, 0.29) is 22.9 Å². The quantitative estimate of drug-likeness (QED) is 0.278. The molecule has 0 unspecified atom stereocenters. The smallest absolute Gasteiger partial charge is 0.271 e. The summed E-state index contributed by atoms with van der Waals surface area (Å²) >= 11 is 0. The lowest BCUT2D eigenvalue weighted by Crippen LogP contribution is -2.11. The standard InChI is InChI=1S/C20H14N4O4.C2H6/c25-20(13-5-2-1-3-6-13)21-15-8-4-7-14(11-15)19-22-17-10-9-16(24(27)28)12-18(17)23(19)26;1-2/h1-12,26H,(H,21,25);1-2H3. The summed E-state index contributed by atoms with van der Waals surface area (Å²) in [6.45, 7) is 4.00. The minimum atomic E-state index is -0.536. The summed E-state index contributed by atoms with van der Waals surface area (Å²) in [5.41, 5.74) is 2.11. The van der Waals surface area contributed by atoms with Gasteiger partial charge < -0.3 is 10.5 Å². The lowest BCUT2D eigenvalue weighted by Gasteiger charge is -2.07. The number of hydrogen-bond donors (Lipinski definition) is 2. The van der Waals surface area contributed by atoms with Crippen molar-refractivity contribution >= 4 is 28.3 Å². The molecule has 0 aliphatic heterocycles. The van der Waals surface area contributed by atoms with Gasteiger partial charge in [-0.25, -0.2) is 4.98 Å². The van der Waals surface area contributed by atoms with E-state index in [1.807, 2.05) is 19.9 Å². The molecule has 1 amide bonds. The summed E-state index contributed by atoms with van der Waals surface area (Å²) in [7, 11) is 0. The second-order valence-corrected chi connectivity index (χ2v) is 6.08. The number of nitrogens with one attached hydrogen (secondary N) is 1. The minimum Gasteiger partial charge on any atom is -0.426 e. The number of anilines is 1. The molecule has 0 bridgehead atoms. The second kappa shape index (κ2) is 8.87. The molecule has 3 aromatic carbocycles. The first-order chi connectivity index (χ1) is 14.5. The molecule has 0 saturated heterocycles. The molecule has 0 saturated carbocycles. The number of carbonyl (C=O) groups is 1. The normalized spacial score (nSPS) is 10.2. The molecule has 0 radical (unpaired) electrons. The lowest BCUT2D eigenvalue weighted by molar-refractivity contribution is -0.384. The molecule has 8 heteroatoms. The van der Waals surface area contributed by atoms with Crippen molar-refractivity contribution in [3.63, 3.8) is 0 Å². The Labute approximate surface area is 172 Å². The molecule has 4 rings (SSSR count). The number of non-ortho nitro benzene ring substituents is 1. The van der Waals surface area contributed by atoms with E-state index in [2.05, 4.69) is 10.3 Å². The number of nitro benzene ring substituents is 1. The maximum Gasteiger partial charge on any atom is 0.271 e. The van der Waals surface area contributed by atoms with Crippen molar-refractivity contribution in [1.82, 2.24) is 9.71 Å². The third-order valence-electron chi connectivity index (χ3n) is 4.24. The van der Waals surface area contributed by atoms with Gasteiger partial charge in [0.05, 0.1) is 10.4 Å². The Morgan fingerprint density at radius 2 is 1.77 bits per heavy atom. The largest absolute Gasteiger partial charge is 0.426 e. The Kier molecular flexibility index (Phi) is 6.07. The van der Waals surface area contributed by atoms with E-state index in [1.54, 1.807) is 48.5 Å². The number of rotatable bonds is 4. The Bertz CT molecular complexity index is 1200. The molecule has 0 aliphatic carbocycles. The van der Waals surface area contributed by atoms with Crippen molar-refractivity contribution < 1.29 is 14.9 Å². The number of carbonyl (C=O) groups excluding carboxylic acids is 1. The van der Waals surface area contributed by atoms with Gasteiger partial charge >= 0.3 is 0 Å². The fourth-order valence-electron chi connectivity index (χ4n) is 2.88. The van der Waals surface area contributed by atoms with Crippen LogP contribution in [0.1, 0.15) is 24.2 Å². The van der Waals surface area contributed by atoms with E-state index in [0.29, 0.717) is 22.3 Å². The van der Waals surface area contributed by atoms with Gasteiger partial charge in [-0.1, -0.05) is 44.2 Å². The van der Waals surface area contributed by atoms with Crippen LogP contribution in [-0.4, -0.2) is 25.8 Å². The number of aromatic nitrogens is 2. The van der Waals surface area contributed by atoms with E-state index >= 15 is 0 Å². The predicted molar refractivity (Wildman–Crippen MR) is 115 cm³/mol. The highest BCUT2D eigenvalue weighted by Crippen LogP contribution is 2.27. The number of imidazole rings is 1. The van der Waals surface area contributed by atoms with Crippen LogP contribution in [0.25, 0.3) is 22.4 Å². The summed E-state index contributed by atoms with van der Waals surface area (Å²) in [6, 6.07) is 19.7. The van der Waals surface area contributed by atoms with Gasteiger partial charge in [-0.05, 0) is 30.3 Å². The molecule has 152 valence electrons. The summed E-state index contributed by atoms with van der Waals surface area (Å²) in [5.74, 6) is -0.0443. The van der Waals surface area contributed by atoms with Crippen LogP contribution in [0.3, 0.4) is 0 Å². The van der Waals surface area contributed by atoms with Crippen molar-refractivity contribution in [1.29, 1.82) is 0 Å². The topological polar surface area (TPSA) is 110 Å².